The second kappa shape index (κ2) is 5.52. The highest BCUT2D eigenvalue weighted by molar-refractivity contribution is 5.91. The highest BCUT2D eigenvalue weighted by Gasteiger charge is 2.23. The van der Waals surface area contributed by atoms with E-state index >= 15 is 0 Å². The van der Waals surface area contributed by atoms with Crippen LogP contribution in [-0.2, 0) is 24.1 Å². The van der Waals surface area contributed by atoms with Crippen molar-refractivity contribution in [2.24, 2.45) is 0 Å². The lowest BCUT2D eigenvalue weighted by molar-refractivity contribution is -0.137. The maximum atomic E-state index is 11.2. The minimum Gasteiger partial charge on any atom is -0.481 e. The second-order valence-electron chi connectivity index (χ2n) is 3.71. The molecule has 0 radical (unpaired) electrons. The molecule has 17 heavy (non-hydrogen) atoms. The Morgan fingerprint density at radius 1 is 1.12 bits per heavy atom. The summed E-state index contributed by atoms with van der Waals surface area (Å²) in [7, 11) is 0. The molecule has 0 bridgehead atoms. The Bertz CT molecular complexity index is 430. The molecule has 0 atom stereocenters. The molecule has 0 aromatic carbocycles. The molecule has 0 aliphatic rings. The first kappa shape index (κ1) is 13.3. The van der Waals surface area contributed by atoms with Gasteiger partial charge in [-0.2, -0.15) is 0 Å². The molecule has 0 fully saturated rings. The molecule has 0 amide bonds. The zero-order chi connectivity index (χ0) is 13.0. The molecule has 1 aromatic heterocycles. The van der Waals surface area contributed by atoms with Crippen LogP contribution in [0.1, 0.15) is 47.7 Å². The lowest BCUT2D eigenvalue weighted by Gasteiger charge is -1.98. The average molecular weight is 240 g/mol. The SMILES string of the molecule is CCc1oc(CCC(=O)O)c(C(=O)O)c1CC. The minimum atomic E-state index is -1.05. The normalized spacial score (nSPS) is 10.5. The molecule has 1 aromatic rings. The van der Waals surface area contributed by atoms with E-state index in [0.717, 1.165) is 0 Å². The Balaban J connectivity index is 3.14. The van der Waals surface area contributed by atoms with Crippen LogP contribution in [0.4, 0.5) is 0 Å². The molecule has 2 N–H and O–H groups in total. The number of aromatic carboxylic acids is 1. The fourth-order valence-corrected chi connectivity index (χ4v) is 1.87. The van der Waals surface area contributed by atoms with Gasteiger partial charge < -0.3 is 14.6 Å². The summed E-state index contributed by atoms with van der Waals surface area (Å²) in [5.41, 5.74) is 0.825. The Kier molecular flexibility index (Phi) is 4.31. The van der Waals surface area contributed by atoms with E-state index in [0.29, 0.717) is 24.2 Å². The largest absolute Gasteiger partial charge is 0.481 e. The molecule has 5 heteroatoms. The van der Waals surface area contributed by atoms with Crippen molar-refractivity contribution in [2.75, 3.05) is 0 Å². The summed E-state index contributed by atoms with van der Waals surface area (Å²) in [5.74, 6) is -1.10. The van der Waals surface area contributed by atoms with E-state index < -0.39 is 11.9 Å². The highest BCUT2D eigenvalue weighted by Crippen LogP contribution is 2.25. The predicted molar refractivity (Wildman–Crippen MR) is 60.4 cm³/mol. The van der Waals surface area contributed by atoms with Crippen LogP contribution in [0.5, 0.6) is 0 Å². The first-order valence-electron chi connectivity index (χ1n) is 5.59. The van der Waals surface area contributed by atoms with Crippen molar-refractivity contribution in [3.63, 3.8) is 0 Å². The number of aryl methyl sites for hydroxylation is 2. The number of aliphatic carboxylic acids is 1. The van der Waals surface area contributed by atoms with Gasteiger partial charge in [-0.25, -0.2) is 4.79 Å². The quantitative estimate of drug-likeness (QED) is 0.795. The lowest BCUT2D eigenvalue weighted by atomic mass is 10.0. The molecule has 0 spiro atoms. The third kappa shape index (κ3) is 2.87. The summed E-state index contributed by atoms with van der Waals surface area (Å²) in [6.07, 6.45) is 1.17. The van der Waals surface area contributed by atoms with Gasteiger partial charge in [0.2, 0.25) is 0 Å². The van der Waals surface area contributed by atoms with Crippen LogP contribution < -0.4 is 0 Å². The fraction of sp³-hybridized carbons (Fsp3) is 0.500. The molecule has 0 saturated carbocycles. The van der Waals surface area contributed by atoms with Gasteiger partial charge in [-0.05, 0) is 6.42 Å². The topological polar surface area (TPSA) is 87.7 Å². The van der Waals surface area contributed by atoms with E-state index in [-0.39, 0.29) is 24.2 Å². The van der Waals surface area contributed by atoms with Crippen molar-refractivity contribution in [1.82, 2.24) is 0 Å². The number of carboxylic acid groups (broad SMARTS) is 2. The third-order valence-corrected chi connectivity index (χ3v) is 2.62. The molecule has 0 saturated heterocycles. The Morgan fingerprint density at radius 2 is 1.76 bits per heavy atom. The van der Waals surface area contributed by atoms with Gasteiger partial charge in [0.05, 0.1) is 6.42 Å². The van der Waals surface area contributed by atoms with E-state index in [2.05, 4.69) is 0 Å². The summed E-state index contributed by atoms with van der Waals surface area (Å²) >= 11 is 0. The van der Waals surface area contributed by atoms with Crippen LogP contribution in [0.2, 0.25) is 0 Å². The molecule has 0 aliphatic heterocycles. The lowest BCUT2D eigenvalue weighted by Crippen LogP contribution is -2.05. The predicted octanol–water partition coefficient (Wildman–Crippen LogP) is 2.12. The molecule has 94 valence electrons. The van der Waals surface area contributed by atoms with Crippen LogP contribution in [0.3, 0.4) is 0 Å². The van der Waals surface area contributed by atoms with E-state index in [1.54, 1.807) is 0 Å². The Labute approximate surface area is 99.1 Å². The zero-order valence-electron chi connectivity index (χ0n) is 9.95. The summed E-state index contributed by atoms with van der Waals surface area (Å²) in [5, 5.41) is 17.7. The number of furan rings is 1. The first-order valence-corrected chi connectivity index (χ1v) is 5.59. The summed E-state index contributed by atoms with van der Waals surface area (Å²) in [6, 6.07) is 0. The van der Waals surface area contributed by atoms with Crippen LogP contribution in [0.25, 0.3) is 0 Å². The summed E-state index contributed by atoms with van der Waals surface area (Å²) < 4.78 is 5.45. The summed E-state index contributed by atoms with van der Waals surface area (Å²) in [4.78, 5) is 21.7. The van der Waals surface area contributed by atoms with Crippen LogP contribution in [0, 0.1) is 0 Å². The van der Waals surface area contributed by atoms with Crippen molar-refractivity contribution in [3.8, 4) is 0 Å². The molecule has 5 nitrogen and oxygen atoms in total. The monoisotopic (exact) mass is 240 g/mol. The maximum absolute atomic E-state index is 11.2. The standard InChI is InChI=1S/C12H16O5/c1-3-7-8(4-2)17-9(5-6-10(13)14)11(7)12(15)16/h3-6H2,1-2H3,(H,13,14)(H,15,16). The van der Waals surface area contributed by atoms with Crippen LogP contribution in [-0.4, -0.2) is 22.2 Å². The number of hydrogen-bond acceptors (Lipinski definition) is 3. The highest BCUT2D eigenvalue weighted by atomic mass is 16.4. The zero-order valence-corrected chi connectivity index (χ0v) is 9.95. The van der Waals surface area contributed by atoms with Crippen molar-refractivity contribution in [2.45, 2.75) is 39.5 Å². The first-order chi connectivity index (χ1) is 8.01. The number of carbonyl (C=O) groups is 2. The molecule has 1 rings (SSSR count). The smallest absolute Gasteiger partial charge is 0.339 e. The van der Waals surface area contributed by atoms with E-state index in [1.807, 2.05) is 13.8 Å². The Morgan fingerprint density at radius 3 is 2.18 bits per heavy atom. The van der Waals surface area contributed by atoms with Crippen molar-refractivity contribution in [3.05, 3.63) is 22.6 Å². The number of hydrogen-bond donors (Lipinski definition) is 2. The fourth-order valence-electron chi connectivity index (χ4n) is 1.87. The van der Waals surface area contributed by atoms with Gasteiger partial charge in [0, 0.05) is 18.4 Å². The summed E-state index contributed by atoms with van der Waals surface area (Å²) in [6.45, 7) is 3.74. The number of rotatable bonds is 6. The minimum absolute atomic E-state index is 0.115. The van der Waals surface area contributed by atoms with Gasteiger partial charge in [-0.3, -0.25) is 4.79 Å². The molecule has 0 aliphatic carbocycles. The molecular formula is C12H16O5. The molecule has 0 unspecified atom stereocenters. The van der Waals surface area contributed by atoms with E-state index in [1.165, 1.54) is 0 Å². The van der Waals surface area contributed by atoms with Crippen molar-refractivity contribution in [1.29, 1.82) is 0 Å². The van der Waals surface area contributed by atoms with Crippen molar-refractivity contribution < 1.29 is 24.2 Å². The van der Waals surface area contributed by atoms with E-state index in [9.17, 15) is 9.59 Å². The van der Waals surface area contributed by atoms with Gasteiger partial charge in [-0.1, -0.05) is 13.8 Å². The van der Waals surface area contributed by atoms with E-state index in [4.69, 9.17) is 14.6 Å². The number of carboxylic acids is 2. The van der Waals surface area contributed by atoms with Crippen LogP contribution >= 0.6 is 0 Å². The molecular weight excluding hydrogens is 224 g/mol. The van der Waals surface area contributed by atoms with Gasteiger partial charge in [-0.15, -0.1) is 0 Å². The average Bonchev–Trinajstić information content (AvgIpc) is 2.63. The Hall–Kier alpha value is -1.78. The van der Waals surface area contributed by atoms with Crippen molar-refractivity contribution >= 4 is 11.9 Å². The molecule has 1 heterocycles. The van der Waals surface area contributed by atoms with Gasteiger partial charge in [0.1, 0.15) is 17.1 Å². The third-order valence-electron chi connectivity index (χ3n) is 2.62. The van der Waals surface area contributed by atoms with Gasteiger partial charge >= 0.3 is 11.9 Å². The van der Waals surface area contributed by atoms with Crippen LogP contribution in [0.15, 0.2) is 4.42 Å². The van der Waals surface area contributed by atoms with Gasteiger partial charge in [0.25, 0.3) is 0 Å². The maximum Gasteiger partial charge on any atom is 0.339 e. The van der Waals surface area contributed by atoms with Gasteiger partial charge in [0.15, 0.2) is 0 Å². The second-order valence-corrected chi connectivity index (χ2v) is 3.71.